The van der Waals surface area contributed by atoms with Gasteiger partial charge < -0.3 is 9.80 Å². The second-order valence-electron chi connectivity index (χ2n) is 6.47. The van der Waals surface area contributed by atoms with E-state index in [-0.39, 0.29) is 11.8 Å². The SMILES string of the molecule is O=C1CCCCN1c1ccc(C(=O)N2CCSc3ccc(Cl)cc32)cc1. The molecule has 0 spiro atoms. The summed E-state index contributed by atoms with van der Waals surface area (Å²) < 4.78 is 0. The number of fused-ring (bicyclic) bond motifs is 1. The number of carbonyl (C=O) groups excluding carboxylic acids is 2. The summed E-state index contributed by atoms with van der Waals surface area (Å²) in [4.78, 5) is 29.8. The first-order valence-electron chi connectivity index (χ1n) is 8.78. The largest absolute Gasteiger partial charge is 0.312 e. The number of anilines is 2. The second kappa shape index (κ2) is 7.33. The van der Waals surface area contributed by atoms with Gasteiger partial charge in [-0.2, -0.15) is 0 Å². The van der Waals surface area contributed by atoms with Crippen molar-refractivity contribution in [2.24, 2.45) is 0 Å². The van der Waals surface area contributed by atoms with Gasteiger partial charge in [-0.05, 0) is 55.3 Å². The van der Waals surface area contributed by atoms with Crippen LogP contribution in [0.1, 0.15) is 29.6 Å². The van der Waals surface area contributed by atoms with Gasteiger partial charge in [0.25, 0.3) is 5.91 Å². The number of piperidine rings is 1. The lowest BCUT2D eigenvalue weighted by molar-refractivity contribution is -0.119. The first-order valence-corrected chi connectivity index (χ1v) is 10.1. The monoisotopic (exact) mass is 386 g/mol. The molecule has 1 fully saturated rings. The molecule has 2 heterocycles. The number of halogens is 1. The van der Waals surface area contributed by atoms with Gasteiger partial charge in [-0.1, -0.05) is 11.6 Å². The zero-order valence-corrected chi connectivity index (χ0v) is 15.9. The van der Waals surface area contributed by atoms with Gasteiger partial charge in [0.05, 0.1) is 5.69 Å². The van der Waals surface area contributed by atoms with E-state index in [4.69, 9.17) is 11.6 Å². The topological polar surface area (TPSA) is 40.6 Å². The van der Waals surface area contributed by atoms with Crippen LogP contribution < -0.4 is 9.80 Å². The Labute approximate surface area is 162 Å². The van der Waals surface area contributed by atoms with Crippen molar-refractivity contribution in [1.82, 2.24) is 0 Å². The summed E-state index contributed by atoms with van der Waals surface area (Å²) in [5, 5.41) is 0.628. The summed E-state index contributed by atoms with van der Waals surface area (Å²) in [5.41, 5.74) is 2.36. The van der Waals surface area contributed by atoms with Crippen LogP contribution in [0.25, 0.3) is 0 Å². The number of nitrogens with zero attached hydrogens (tertiary/aromatic N) is 2. The molecule has 2 aliphatic rings. The van der Waals surface area contributed by atoms with Crippen molar-refractivity contribution in [3.63, 3.8) is 0 Å². The fourth-order valence-corrected chi connectivity index (χ4v) is 4.56. The average molecular weight is 387 g/mol. The highest BCUT2D eigenvalue weighted by molar-refractivity contribution is 7.99. The van der Waals surface area contributed by atoms with Gasteiger partial charge in [-0.3, -0.25) is 9.59 Å². The predicted molar refractivity (Wildman–Crippen MR) is 106 cm³/mol. The summed E-state index contributed by atoms with van der Waals surface area (Å²) in [6, 6.07) is 13.0. The van der Waals surface area contributed by atoms with E-state index in [0.717, 1.165) is 41.4 Å². The first-order chi connectivity index (χ1) is 12.6. The number of rotatable bonds is 2. The lowest BCUT2D eigenvalue weighted by atomic mass is 10.1. The Morgan fingerprint density at radius 2 is 1.85 bits per heavy atom. The predicted octanol–water partition coefficient (Wildman–Crippen LogP) is 4.61. The van der Waals surface area contributed by atoms with Gasteiger partial charge in [0, 0.05) is 46.4 Å². The number of thioether (sulfide) groups is 1. The molecule has 26 heavy (non-hydrogen) atoms. The van der Waals surface area contributed by atoms with E-state index in [2.05, 4.69) is 0 Å². The Morgan fingerprint density at radius 3 is 2.62 bits per heavy atom. The molecule has 0 aromatic heterocycles. The maximum atomic E-state index is 13.0. The Morgan fingerprint density at radius 1 is 1.04 bits per heavy atom. The molecule has 0 saturated carbocycles. The summed E-state index contributed by atoms with van der Waals surface area (Å²) in [6.07, 6.45) is 2.58. The summed E-state index contributed by atoms with van der Waals surface area (Å²) in [5.74, 6) is 0.984. The van der Waals surface area contributed by atoms with Crippen LogP contribution in [0.5, 0.6) is 0 Å². The van der Waals surface area contributed by atoms with Crippen LogP contribution in [-0.2, 0) is 4.79 Å². The molecule has 2 amide bonds. The van der Waals surface area contributed by atoms with Crippen molar-refractivity contribution in [2.45, 2.75) is 24.2 Å². The second-order valence-corrected chi connectivity index (χ2v) is 8.04. The minimum absolute atomic E-state index is 0.0367. The molecule has 2 aromatic rings. The highest BCUT2D eigenvalue weighted by atomic mass is 35.5. The van der Waals surface area contributed by atoms with Crippen LogP contribution >= 0.6 is 23.4 Å². The molecule has 0 unspecified atom stereocenters. The third-order valence-electron chi connectivity index (χ3n) is 4.78. The van der Waals surface area contributed by atoms with Crippen LogP contribution in [0, 0.1) is 0 Å². The molecular formula is C20H19ClN2O2S. The minimum atomic E-state index is -0.0367. The zero-order valence-electron chi connectivity index (χ0n) is 14.3. The van der Waals surface area contributed by atoms with Gasteiger partial charge in [-0.25, -0.2) is 0 Å². The summed E-state index contributed by atoms with van der Waals surface area (Å²) >= 11 is 7.87. The fourth-order valence-electron chi connectivity index (χ4n) is 3.42. The molecule has 0 aliphatic carbocycles. The standard InChI is InChI=1S/C20H19ClN2O2S/c21-15-6-9-18-17(13-15)23(11-12-26-18)20(25)14-4-7-16(8-5-14)22-10-2-1-3-19(22)24/h4-9,13H,1-3,10-12H2. The molecule has 0 N–H and O–H groups in total. The molecular weight excluding hydrogens is 368 g/mol. The summed E-state index contributed by atoms with van der Waals surface area (Å²) in [6.45, 7) is 1.41. The number of benzene rings is 2. The van der Waals surface area contributed by atoms with E-state index >= 15 is 0 Å². The maximum absolute atomic E-state index is 13.0. The van der Waals surface area contributed by atoms with Crippen molar-refractivity contribution in [3.05, 3.63) is 53.1 Å². The molecule has 0 radical (unpaired) electrons. The normalized spacial score (nSPS) is 17.2. The van der Waals surface area contributed by atoms with Gasteiger partial charge >= 0.3 is 0 Å². The van der Waals surface area contributed by atoms with E-state index < -0.39 is 0 Å². The number of amides is 2. The molecule has 4 nitrogen and oxygen atoms in total. The Kier molecular flexibility index (Phi) is 4.92. The Hall–Kier alpha value is -1.98. The van der Waals surface area contributed by atoms with E-state index in [1.165, 1.54) is 0 Å². The molecule has 2 aliphatic heterocycles. The number of hydrogen-bond acceptors (Lipinski definition) is 3. The maximum Gasteiger partial charge on any atom is 0.258 e. The molecule has 2 aromatic carbocycles. The van der Waals surface area contributed by atoms with Crippen LogP contribution in [-0.4, -0.2) is 30.7 Å². The molecule has 0 atom stereocenters. The molecule has 134 valence electrons. The van der Waals surface area contributed by atoms with Crippen molar-refractivity contribution in [3.8, 4) is 0 Å². The van der Waals surface area contributed by atoms with Crippen LogP contribution in [0.3, 0.4) is 0 Å². The summed E-state index contributed by atoms with van der Waals surface area (Å²) in [7, 11) is 0. The zero-order chi connectivity index (χ0) is 18.1. The highest BCUT2D eigenvalue weighted by Crippen LogP contribution is 2.37. The van der Waals surface area contributed by atoms with Gasteiger partial charge in [0.15, 0.2) is 0 Å². The van der Waals surface area contributed by atoms with Crippen molar-refractivity contribution in [2.75, 3.05) is 28.6 Å². The lowest BCUT2D eigenvalue weighted by Gasteiger charge is -2.30. The minimum Gasteiger partial charge on any atom is -0.312 e. The molecule has 1 saturated heterocycles. The van der Waals surface area contributed by atoms with Crippen LogP contribution in [0.15, 0.2) is 47.4 Å². The number of carbonyl (C=O) groups is 2. The third kappa shape index (κ3) is 3.33. The smallest absolute Gasteiger partial charge is 0.258 e. The highest BCUT2D eigenvalue weighted by Gasteiger charge is 2.25. The lowest BCUT2D eigenvalue weighted by Crippen LogP contribution is -2.36. The first kappa shape index (κ1) is 17.4. The van der Waals surface area contributed by atoms with Crippen LogP contribution in [0.4, 0.5) is 11.4 Å². The third-order valence-corrected chi connectivity index (χ3v) is 6.06. The van der Waals surface area contributed by atoms with E-state index in [9.17, 15) is 9.59 Å². The fraction of sp³-hybridized carbons (Fsp3) is 0.300. The van der Waals surface area contributed by atoms with Crippen LogP contribution in [0.2, 0.25) is 5.02 Å². The quantitative estimate of drug-likeness (QED) is 0.756. The Balaban J connectivity index is 1.58. The average Bonchev–Trinajstić information content (AvgIpc) is 2.67. The van der Waals surface area contributed by atoms with Crippen molar-refractivity contribution < 1.29 is 9.59 Å². The molecule has 6 heteroatoms. The molecule has 4 rings (SSSR count). The van der Waals surface area contributed by atoms with E-state index in [0.29, 0.717) is 23.6 Å². The van der Waals surface area contributed by atoms with Crippen molar-refractivity contribution in [1.29, 1.82) is 0 Å². The van der Waals surface area contributed by atoms with Gasteiger partial charge in [0.1, 0.15) is 0 Å². The van der Waals surface area contributed by atoms with Crippen molar-refractivity contribution >= 4 is 46.6 Å². The van der Waals surface area contributed by atoms with Gasteiger partial charge in [-0.15, -0.1) is 11.8 Å². The van der Waals surface area contributed by atoms with E-state index in [1.54, 1.807) is 16.7 Å². The number of hydrogen-bond donors (Lipinski definition) is 0. The van der Waals surface area contributed by atoms with Gasteiger partial charge in [0.2, 0.25) is 5.91 Å². The Bertz CT molecular complexity index is 853. The molecule has 0 bridgehead atoms. The van der Waals surface area contributed by atoms with E-state index in [1.807, 2.05) is 47.4 Å².